The number of allylic oxidation sites excluding steroid dienone is 2. The van der Waals surface area contributed by atoms with E-state index in [-0.39, 0.29) is 23.5 Å². The van der Waals surface area contributed by atoms with Crippen LogP contribution < -0.4 is 14.2 Å². The molecule has 1 aliphatic heterocycles. The van der Waals surface area contributed by atoms with E-state index in [2.05, 4.69) is 0 Å². The van der Waals surface area contributed by atoms with Gasteiger partial charge in [0.15, 0.2) is 5.78 Å². The van der Waals surface area contributed by atoms with Gasteiger partial charge in [0.05, 0.1) is 20.6 Å². The molecular formula is C22H24O5. The Morgan fingerprint density at radius 3 is 2.52 bits per heavy atom. The van der Waals surface area contributed by atoms with E-state index in [1.54, 1.807) is 14.2 Å². The first kappa shape index (κ1) is 18.8. The van der Waals surface area contributed by atoms with Gasteiger partial charge in [0, 0.05) is 11.6 Å². The number of aromatic hydroxyl groups is 1. The lowest BCUT2D eigenvalue weighted by Crippen LogP contribution is -2.22. The van der Waals surface area contributed by atoms with E-state index in [1.807, 2.05) is 44.2 Å². The summed E-state index contributed by atoms with van der Waals surface area (Å²) in [7, 11) is 3.15. The average molecular weight is 368 g/mol. The van der Waals surface area contributed by atoms with Gasteiger partial charge in [-0.3, -0.25) is 4.79 Å². The summed E-state index contributed by atoms with van der Waals surface area (Å²) in [6, 6.07) is 8.94. The molecule has 0 aliphatic carbocycles. The lowest BCUT2D eigenvalue weighted by Gasteiger charge is -2.28. The summed E-state index contributed by atoms with van der Waals surface area (Å²) >= 11 is 0. The molecule has 2 aromatic carbocycles. The van der Waals surface area contributed by atoms with Gasteiger partial charge in [-0.15, -0.1) is 0 Å². The Balaban J connectivity index is 2.06. The van der Waals surface area contributed by atoms with Crippen molar-refractivity contribution in [3.05, 3.63) is 58.7 Å². The maximum atomic E-state index is 12.8. The highest BCUT2D eigenvalue weighted by Crippen LogP contribution is 2.46. The normalized spacial score (nSPS) is 15.6. The van der Waals surface area contributed by atoms with Gasteiger partial charge >= 0.3 is 0 Å². The molecular weight excluding hydrogens is 344 g/mol. The zero-order valence-corrected chi connectivity index (χ0v) is 16.0. The fourth-order valence-corrected chi connectivity index (χ4v) is 3.20. The van der Waals surface area contributed by atoms with Crippen molar-refractivity contribution < 1.29 is 24.1 Å². The number of ketones is 1. The van der Waals surface area contributed by atoms with E-state index >= 15 is 0 Å². The Morgan fingerprint density at radius 1 is 1.22 bits per heavy atom. The van der Waals surface area contributed by atoms with Crippen LogP contribution in [0.25, 0.3) is 0 Å². The van der Waals surface area contributed by atoms with Crippen LogP contribution >= 0.6 is 0 Å². The summed E-state index contributed by atoms with van der Waals surface area (Å²) < 4.78 is 16.8. The number of carbonyl (C=O) groups is 1. The van der Waals surface area contributed by atoms with Gasteiger partial charge in [0.1, 0.15) is 34.7 Å². The monoisotopic (exact) mass is 368 g/mol. The number of phenols is 1. The third-order valence-corrected chi connectivity index (χ3v) is 4.65. The fourth-order valence-electron chi connectivity index (χ4n) is 3.20. The molecule has 1 aliphatic rings. The van der Waals surface area contributed by atoms with Gasteiger partial charge in [-0.25, -0.2) is 0 Å². The number of fused-ring (bicyclic) bond motifs is 1. The number of carbonyl (C=O) groups excluding carboxylic acids is 1. The molecule has 1 unspecified atom stereocenters. The molecule has 142 valence electrons. The average Bonchev–Trinajstić information content (AvgIpc) is 2.66. The third-order valence-electron chi connectivity index (χ3n) is 4.65. The van der Waals surface area contributed by atoms with Crippen molar-refractivity contribution in [3.8, 4) is 23.0 Å². The second kappa shape index (κ2) is 7.74. The molecule has 1 atom stereocenters. The molecule has 0 fully saturated rings. The molecule has 0 amide bonds. The predicted octanol–water partition coefficient (Wildman–Crippen LogP) is 4.62. The van der Waals surface area contributed by atoms with Crippen molar-refractivity contribution in [2.24, 2.45) is 0 Å². The molecule has 5 heteroatoms. The van der Waals surface area contributed by atoms with Crippen LogP contribution in [-0.4, -0.2) is 25.1 Å². The molecule has 0 spiro atoms. The molecule has 5 nitrogen and oxygen atoms in total. The van der Waals surface area contributed by atoms with E-state index in [0.717, 1.165) is 22.4 Å². The molecule has 0 saturated carbocycles. The Kier molecular flexibility index (Phi) is 5.40. The number of phenolic OH excluding ortho intramolecular Hbond substituents is 1. The number of Topliss-reactive ketones (excluding diaryl/α,β-unsaturated/α-hetero) is 1. The standard InChI is InChI=1S/C22H24O5/c1-13(2)5-10-16-20(26-4)12-18(24)21-17(23)11-19(27-22(16)21)14-6-8-15(25-3)9-7-14/h5-9,12,19,24H,10-11H2,1-4H3. The molecule has 0 saturated heterocycles. The minimum atomic E-state index is -0.423. The highest BCUT2D eigenvalue weighted by Gasteiger charge is 2.33. The van der Waals surface area contributed by atoms with Crippen molar-refractivity contribution in [1.29, 1.82) is 0 Å². The Hall–Kier alpha value is -2.95. The van der Waals surface area contributed by atoms with Crippen molar-refractivity contribution >= 4 is 5.78 Å². The zero-order valence-electron chi connectivity index (χ0n) is 16.0. The maximum absolute atomic E-state index is 12.8. The smallest absolute Gasteiger partial charge is 0.174 e. The van der Waals surface area contributed by atoms with Gasteiger partial charge in [-0.1, -0.05) is 23.8 Å². The molecule has 27 heavy (non-hydrogen) atoms. The molecule has 0 bridgehead atoms. The molecule has 1 N–H and O–H groups in total. The third kappa shape index (κ3) is 3.77. The second-order valence-corrected chi connectivity index (χ2v) is 6.77. The topological polar surface area (TPSA) is 65.0 Å². The molecule has 0 aromatic heterocycles. The number of rotatable bonds is 5. The molecule has 0 radical (unpaired) electrons. The van der Waals surface area contributed by atoms with Crippen molar-refractivity contribution in [2.75, 3.05) is 14.2 Å². The van der Waals surface area contributed by atoms with Gasteiger partial charge in [0.2, 0.25) is 0 Å². The Bertz CT molecular complexity index is 877. The first-order chi connectivity index (χ1) is 12.9. The van der Waals surface area contributed by atoms with Crippen LogP contribution in [0.4, 0.5) is 0 Å². The van der Waals surface area contributed by atoms with E-state index in [0.29, 0.717) is 17.9 Å². The lowest BCUT2D eigenvalue weighted by atomic mass is 9.92. The second-order valence-electron chi connectivity index (χ2n) is 6.77. The summed E-state index contributed by atoms with van der Waals surface area (Å²) in [5, 5.41) is 10.4. The van der Waals surface area contributed by atoms with Gasteiger partial charge in [-0.05, 0) is 38.0 Å². The van der Waals surface area contributed by atoms with Crippen molar-refractivity contribution in [2.45, 2.75) is 32.8 Å². The number of methoxy groups -OCH3 is 2. The van der Waals surface area contributed by atoms with E-state index in [4.69, 9.17) is 14.2 Å². The number of benzene rings is 2. The number of ether oxygens (including phenoxy) is 3. The van der Waals surface area contributed by atoms with Crippen LogP contribution in [0.1, 0.15) is 47.9 Å². The zero-order chi connectivity index (χ0) is 19.6. The van der Waals surface area contributed by atoms with Crippen molar-refractivity contribution in [3.63, 3.8) is 0 Å². The highest BCUT2D eigenvalue weighted by molar-refractivity contribution is 6.03. The highest BCUT2D eigenvalue weighted by atomic mass is 16.5. The summed E-state index contributed by atoms with van der Waals surface area (Å²) in [6.45, 7) is 4.01. The summed E-state index contributed by atoms with van der Waals surface area (Å²) in [5.74, 6) is 1.40. The van der Waals surface area contributed by atoms with E-state index < -0.39 is 6.10 Å². The largest absolute Gasteiger partial charge is 0.507 e. The van der Waals surface area contributed by atoms with Crippen LogP contribution in [0.15, 0.2) is 42.0 Å². The minimum Gasteiger partial charge on any atom is -0.507 e. The maximum Gasteiger partial charge on any atom is 0.174 e. The predicted molar refractivity (Wildman–Crippen MR) is 103 cm³/mol. The number of hydrogen-bond acceptors (Lipinski definition) is 5. The molecule has 2 aromatic rings. The van der Waals surface area contributed by atoms with Crippen LogP contribution in [0, 0.1) is 0 Å². The SMILES string of the molecule is COc1ccc(C2CC(=O)c3c(O)cc(OC)c(CC=C(C)C)c3O2)cc1. The first-order valence-electron chi connectivity index (χ1n) is 8.84. The van der Waals surface area contributed by atoms with E-state index in [9.17, 15) is 9.90 Å². The summed E-state index contributed by atoms with van der Waals surface area (Å²) in [4.78, 5) is 12.8. The quantitative estimate of drug-likeness (QED) is 0.780. The van der Waals surface area contributed by atoms with E-state index in [1.165, 1.54) is 6.07 Å². The van der Waals surface area contributed by atoms with Gasteiger partial charge < -0.3 is 19.3 Å². The summed E-state index contributed by atoms with van der Waals surface area (Å²) in [5.41, 5.74) is 3.02. The fraction of sp³-hybridized carbons (Fsp3) is 0.318. The lowest BCUT2D eigenvalue weighted by molar-refractivity contribution is 0.0842. The van der Waals surface area contributed by atoms with Gasteiger partial charge in [0.25, 0.3) is 0 Å². The van der Waals surface area contributed by atoms with Crippen LogP contribution in [-0.2, 0) is 6.42 Å². The van der Waals surface area contributed by atoms with Gasteiger partial charge in [-0.2, -0.15) is 0 Å². The van der Waals surface area contributed by atoms with Crippen LogP contribution in [0.3, 0.4) is 0 Å². The number of hydrogen-bond donors (Lipinski definition) is 1. The molecule has 3 rings (SSSR count). The Labute approximate surface area is 159 Å². The Morgan fingerprint density at radius 2 is 1.93 bits per heavy atom. The summed E-state index contributed by atoms with van der Waals surface area (Å²) in [6.07, 6.45) is 2.34. The minimum absolute atomic E-state index is 0.110. The van der Waals surface area contributed by atoms with Crippen molar-refractivity contribution in [1.82, 2.24) is 0 Å². The van der Waals surface area contributed by atoms with Crippen LogP contribution in [0.2, 0.25) is 0 Å². The molecule has 1 heterocycles. The van der Waals surface area contributed by atoms with Crippen LogP contribution in [0.5, 0.6) is 23.0 Å². The first-order valence-corrected chi connectivity index (χ1v) is 8.84.